The lowest BCUT2D eigenvalue weighted by atomic mass is 10.1. The molecule has 3 radical (unpaired) electrons. The molecule has 0 atom stereocenters. The topological polar surface area (TPSA) is 52.6 Å². The second kappa shape index (κ2) is 2.70. The van der Waals surface area contributed by atoms with Crippen LogP contribution in [0.3, 0.4) is 0 Å². The average molecular weight is 191 g/mol. The second-order valence-electron chi connectivity index (χ2n) is 2.46. The number of hydrogen-bond donors (Lipinski definition) is 0. The van der Waals surface area contributed by atoms with Crippen molar-refractivity contribution in [2.45, 2.75) is 0 Å². The maximum Gasteiger partial charge on any atom is 0.350 e. The number of rotatable bonds is 1. The van der Waals surface area contributed by atoms with Gasteiger partial charge >= 0.3 is 22.4 Å². The molecule has 0 unspecified atom stereocenters. The molecule has 1 heterocycles. The number of benzene rings is 1. The van der Waals surface area contributed by atoms with Crippen LogP contribution in [0.4, 0.5) is 0 Å². The first-order valence-corrected chi connectivity index (χ1v) is 3.88. The van der Waals surface area contributed by atoms with Crippen molar-refractivity contribution in [3.63, 3.8) is 0 Å². The molecular weight excluding hydrogens is 188 g/mol. The van der Waals surface area contributed by atoms with Gasteiger partial charge in [0.25, 0.3) is 0 Å². The summed E-state index contributed by atoms with van der Waals surface area (Å²) in [4.78, 5) is 22.1. The molecule has 4 nitrogen and oxygen atoms in total. The Morgan fingerprint density at radius 2 is 2.00 bits per heavy atom. The number of esters is 2. The lowest BCUT2D eigenvalue weighted by molar-refractivity contribution is 0.0443. The lowest BCUT2D eigenvalue weighted by Gasteiger charge is -2.01. The zero-order chi connectivity index (χ0) is 9.42. The van der Waals surface area contributed by atoms with E-state index in [1.807, 2.05) is 0 Å². The van der Waals surface area contributed by atoms with E-state index < -0.39 is 11.9 Å². The molecule has 13 heavy (non-hydrogen) atoms. The maximum atomic E-state index is 11.1. The van der Waals surface area contributed by atoms with Gasteiger partial charge in [-0.05, 0) is 12.1 Å². The normalized spacial score (nSPS) is 13.9. The fraction of sp³-hybridized carbons (Fsp3) is 0. The standard InChI is InChI=1S/C8H3O4Si/c9-7-4-2-1-3-5(12-13)6(4)8(10)11-7/h1-3H. The van der Waals surface area contributed by atoms with E-state index in [2.05, 4.69) is 15.2 Å². The molecule has 1 aliphatic rings. The smallest absolute Gasteiger partial charge is 0.350 e. The third-order valence-corrected chi connectivity index (χ3v) is 1.97. The van der Waals surface area contributed by atoms with E-state index in [9.17, 15) is 9.59 Å². The van der Waals surface area contributed by atoms with Crippen LogP contribution in [0.1, 0.15) is 20.7 Å². The van der Waals surface area contributed by atoms with Gasteiger partial charge in [0, 0.05) is 0 Å². The minimum atomic E-state index is -0.672. The fourth-order valence-corrected chi connectivity index (χ4v) is 1.36. The van der Waals surface area contributed by atoms with Crippen molar-refractivity contribution >= 4 is 22.4 Å². The van der Waals surface area contributed by atoms with Crippen LogP contribution in [-0.2, 0) is 4.74 Å². The van der Waals surface area contributed by atoms with Gasteiger partial charge in [-0.2, -0.15) is 0 Å². The summed E-state index contributed by atoms with van der Waals surface area (Å²) in [6, 6.07) is 4.68. The second-order valence-corrected chi connectivity index (χ2v) is 2.66. The third kappa shape index (κ3) is 1.05. The Hall–Kier alpha value is -1.62. The van der Waals surface area contributed by atoms with Crippen molar-refractivity contribution in [2.75, 3.05) is 0 Å². The third-order valence-electron chi connectivity index (χ3n) is 1.75. The highest BCUT2D eigenvalue weighted by atomic mass is 28.2. The Morgan fingerprint density at radius 1 is 1.23 bits per heavy atom. The van der Waals surface area contributed by atoms with E-state index in [1.54, 1.807) is 12.1 Å². The van der Waals surface area contributed by atoms with Gasteiger partial charge in [0.2, 0.25) is 0 Å². The van der Waals surface area contributed by atoms with Gasteiger partial charge in [-0.15, -0.1) is 0 Å². The zero-order valence-electron chi connectivity index (χ0n) is 6.37. The molecule has 0 amide bonds. The molecule has 1 aromatic carbocycles. The molecule has 1 aliphatic heterocycles. The highest BCUT2D eigenvalue weighted by molar-refractivity contribution is 6.16. The molecule has 0 aliphatic carbocycles. The quantitative estimate of drug-likeness (QED) is 0.367. The van der Waals surface area contributed by atoms with Gasteiger partial charge in [0.1, 0.15) is 11.3 Å². The van der Waals surface area contributed by atoms with E-state index in [0.717, 1.165) is 0 Å². The Labute approximate surface area is 77.0 Å². The predicted octanol–water partition coefficient (Wildman–Crippen LogP) is 0.459. The van der Waals surface area contributed by atoms with Gasteiger partial charge in [-0.3, -0.25) is 0 Å². The molecule has 0 aromatic heterocycles. The Morgan fingerprint density at radius 3 is 2.69 bits per heavy atom. The van der Waals surface area contributed by atoms with Crippen LogP contribution in [0.5, 0.6) is 5.75 Å². The van der Waals surface area contributed by atoms with E-state index in [0.29, 0.717) is 0 Å². The predicted molar refractivity (Wildman–Crippen MR) is 42.6 cm³/mol. The van der Waals surface area contributed by atoms with Crippen LogP contribution in [0.25, 0.3) is 0 Å². The summed E-state index contributed by atoms with van der Waals surface area (Å²) in [5.74, 6) is -1.02. The van der Waals surface area contributed by atoms with Crippen molar-refractivity contribution < 1.29 is 18.8 Å². The molecular formula is C8H3O4Si. The van der Waals surface area contributed by atoms with Crippen LogP contribution in [0.15, 0.2) is 18.2 Å². The first-order chi connectivity index (χ1) is 6.24. The number of fused-ring (bicyclic) bond motifs is 1. The van der Waals surface area contributed by atoms with Gasteiger partial charge in [0.05, 0.1) is 5.56 Å². The number of hydrogen-bond acceptors (Lipinski definition) is 4. The van der Waals surface area contributed by atoms with Gasteiger partial charge in [-0.1, -0.05) is 6.07 Å². The van der Waals surface area contributed by atoms with E-state index in [4.69, 9.17) is 4.43 Å². The molecule has 63 valence electrons. The highest BCUT2D eigenvalue weighted by Gasteiger charge is 2.32. The molecule has 0 fully saturated rings. The molecule has 0 spiro atoms. The molecule has 0 saturated carbocycles. The number of ether oxygens (including phenoxy) is 1. The van der Waals surface area contributed by atoms with Crippen molar-refractivity contribution in [2.24, 2.45) is 0 Å². The minimum absolute atomic E-state index is 0.169. The summed E-state index contributed by atoms with van der Waals surface area (Å²) in [6.45, 7) is 0. The summed E-state index contributed by atoms with van der Waals surface area (Å²) in [5.41, 5.74) is 0.406. The molecule has 0 bridgehead atoms. The van der Waals surface area contributed by atoms with Crippen molar-refractivity contribution in [1.82, 2.24) is 0 Å². The van der Waals surface area contributed by atoms with Gasteiger partial charge in [0.15, 0.2) is 0 Å². The molecule has 1 aromatic rings. The zero-order valence-corrected chi connectivity index (χ0v) is 7.37. The van der Waals surface area contributed by atoms with E-state index in [-0.39, 0.29) is 16.9 Å². The monoisotopic (exact) mass is 191 g/mol. The Kier molecular flexibility index (Phi) is 1.66. The van der Waals surface area contributed by atoms with Crippen molar-refractivity contribution in [3.05, 3.63) is 29.3 Å². The summed E-state index contributed by atoms with van der Waals surface area (Å²) in [7, 11) is 2.79. The van der Waals surface area contributed by atoms with Crippen molar-refractivity contribution in [3.8, 4) is 5.75 Å². The van der Waals surface area contributed by atoms with Crippen LogP contribution in [-0.4, -0.2) is 22.4 Å². The molecule has 0 N–H and O–H groups in total. The number of carbonyl (C=O) groups is 2. The van der Waals surface area contributed by atoms with E-state index in [1.165, 1.54) is 6.07 Å². The first kappa shape index (κ1) is 8.00. The van der Waals surface area contributed by atoms with Crippen LogP contribution < -0.4 is 4.43 Å². The fourth-order valence-electron chi connectivity index (χ4n) is 1.19. The van der Waals surface area contributed by atoms with Crippen LogP contribution >= 0.6 is 0 Å². The number of cyclic esters (lactones) is 2. The Balaban J connectivity index is 2.69. The summed E-state index contributed by atoms with van der Waals surface area (Å²) in [6.07, 6.45) is 0. The Bertz CT molecular complexity index is 399. The SMILES string of the molecule is O=C1OC(=O)c2c(O[Si])cccc21. The first-order valence-electron chi connectivity index (χ1n) is 3.47. The highest BCUT2D eigenvalue weighted by Crippen LogP contribution is 2.28. The van der Waals surface area contributed by atoms with Gasteiger partial charge in [-0.25, -0.2) is 9.59 Å². The minimum Gasteiger partial charge on any atom is -0.540 e. The average Bonchev–Trinajstić information content (AvgIpc) is 2.43. The molecule has 5 heteroatoms. The van der Waals surface area contributed by atoms with E-state index >= 15 is 0 Å². The summed E-state index contributed by atoms with van der Waals surface area (Å²) >= 11 is 0. The maximum absolute atomic E-state index is 11.1. The van der Waals surface area contributed by atoms with Crippen LogP contribution in [0.2, 0.25) is 0 Å². The summed E-state index contributed by atoms with van der Waals surface area (Å²) < 4.78 is 9.12. The lowest BCUT2D eigenvalue weighted by Crippen LogP contribution is -1.99. The molecule has 2 rings (SSSR count). The van der Waals surface area contributed by atoms with Crippen LogP contribution in [0, 0.1) is 0 Å². The van der Waals surface area contributed by atoms with Crippen molar-refractivity contribution in [1.29, 1.82) is 0 Å². The largest absolute Gasteiger partial charge is 0.540 e. The van der Waals surface area contributed by atoms with Gasteiger partial charge < -0.3 is 9.16 Å². The molecule has 0 saturated heterocycles. The number of carbonyl (C=O) groups excluding carboxylic acids is 2. The summed E-state index contributed by atoms with van der Waals surface area (Å²) in [5, 5.41) is 0.